The van der Waals surface area contributed by atoms with Gasteiger partial charge >= 0.3 is 0 Å². The van der Waals surface area contributed by atoms with Gasteiger partial charge in [0.15, 0.2) is 11.5 Å². The van der Waals surface area contributed by atoms with Gasteiger partial charge in [-0.1, -0.05) is 36.4 Å². The van der Waals surface area contributed by atoms with E-state index >= 15 is 0 Å². The van der Waals surface area contributed by atoms with Crippen LogP contribution in [0, 0.1) is 5.92 Å². The molecule has 11 nitrogen and oxygen atoms in total. The molecule has 0 aliphatic carbocycles. The number of carbonyl (C=O) groups excluding carboxylic acids is 2. The monoisotopic (exact) mass is 623 g/mol. The molecule has 0 radical (unpaired) electrons. The lowest BCUT2D eigenvalue weighted by molar-refractivity contribution is -0.135. The van der Waals surface area contributed by atoms with Crippen molar-refractivity contribution < 1.29 is 37.4 Å². The Morgan fingerprint density at radius 3 is 2.39 bits per heavy atom. The van der Waals surface area contributed by atoms with Gasteiger partial charge in [0, 0.05) is 26.1 Å². The van der Waals surface area contributed by atoms with Crippen molar-refractivity contribution in [3.8, 4) is 17.2 Å². The molecule has 1 saturated heterocycles. The predicted octanol–water partition coefficient (Wildman–Crippen LogP) is 3.75. The highest BCUT2D eigenvalue weighted by molar-refractivity contribution is 7.89. The Kier molecular flexibility index (Phi) is 10.0. The minimum absolute atomic E-state index is 0.0494. The summed E-state index contributed by atoms with van der Waals surface area (Å²) in [4.78, 5) is 28.1. The van der Waals surface area contributed by atoms with Crippen LogP contribution >= 0.6 is 0 Å². The second-order valence-electron chi connectivity index (χ2n) is 11.0. The summed E-state index contributed by atoms with van der Waals surface area (Å²) in [5.74, 6) is 0.829. The van der Waals surface area contributed by atoms with Crippen LogP contribution in [0.1, 0.15) is 36.8 Å². The topological polar surface area (TPSA) is 135 Å². The maximum atomic E-state index is 14.0. The third-order valence-corrected chi connectivity index (χ3v) is 10.0. The van der Waals surface area contributed by atoms with Gasteiger partial charge in [-0.15, -0.1) is 0 Å². The number of sulfonamides is 1. The second kappa shape index (κ2) is 14.1. The van der Waals surface area contributed by atoms with Crippen molar-refractivity contribution in [3.63, 3.8) is 0 Å². The van der Waals surface area contributed by atoms with Crippen molar-refractivity contribution in [2.75, 3.05) is 27.0 Å². The highest BCUT2D eigenvalue weighted by Crippen LogP contribution is 2.34. The van der Waals surface area contributed by atoms with Crippen molar-refractivity contribution in [2.45, 2.75) is 49.6 Å². The Morgan fingerprint density at radius 2 is 1.70 bits per heavy atom. The summed E-state index contributed by atoms with van der Waals surface area (Å²) in [5, 5.41) is 9.65. The molecule has 0 aromatic heterocycles. The molecule has 234 valence electrons. The van der Waals surface area contributed by atoms with Crippen LogP contribution in [0.4, 0.5) is 0 Å². The molecule has 3 aromatic carbocycles. The van der Waals surface area contributed by atoms with E-state index in [1.54, 1.807) is 28.6 Å². The van der Waals surface area contributed by atoms with E-state index in [0.29, 0.717) is 41.8 Å². The fourth-order valence-electron chi connectivity index (χ4n) is 5.70. The number of ether oxygens (including phenoxy) is 3. The summed E-state index contributed by atoms with van der Waals surface area (Å²) in [6.45, 7) is 1.02. The molecular formula is C32H37N3O8S. The van der Waals surface area contributed by atoms with Gasteiger partial charge in [0.05, 0.1) is 12.0 Å². The molecule has 3 aromatic rings. The number of carbonyl (C=O) groups is 2. The predicted molar refractivity (Wildman–Crippen MR) is 161 cm³/mol. The lowest BCUT2D eigenvalue weighted by atomic mass is 9.90. The Bertz CT molecular complexity index is 1540. The molecule has 12 heteroatoms. The van der Waals surface area contributed by atoms with Gasteiger partial charge in [0.1, 0.15) is 11.8 Å². The third-order valence-electron chi connectivity index (χ3n) is 8.17. The zero-order chi connectivity index (χ0) is 31.1. The number of methoxy groups -OCH3 is 1. The first-order valence-corrected chi connectivity index (χ1v) is 16.0. The molecule has 2 aliphatic heterocycles. The number of benzene rings is 3. The number of hydrogen-bond donors (Lipinski definition) is 2. The number of amides is 2. The summed E-state index contributed by atoms with van der Waals surface area (Å²) in [7, 11) is -2.82. The number of nitrogens with zero attached hydrogens (tertiary/aromatic N) is 2. The van der Waals surface area contributed by atoms with E-state index in [2.05, 4.69) is 12.1 Å². The van der Waals surface area contributed by atoms with Gasteiger partial charge < -0.3 is 19.1 Å². The standard InChI is InChI=1S/C32H37N3O8S/c1-41-26-8-10-27(11-9-26)44(39,40)35(21-25-7-13-29-30(20-25)43-22-42-29)28(32(37)33-38)12-14-31(36)34-17-15-24(16-18-34)19-23-5-3-2-4-6-23/h2-11,13,20,24,28,38H,12,14-19,21-22H2,1H3,(H,33,37)/t28-/m1/s1. The van der Waals surface area contributed by atoms with E-state index in [-0.39, 0.29) is 37.0 Å². The first kappa shape index (κ1) is 31.3. The molecule has 44 heavy (non-hydrogen) atoms. The molecule has 2 aliphatic rings. The number of fused-ring (bicyclic) bond motifs is 1. The molecule has 1 fully saturated rings. The molecule has 1 atom stereocenters. The van der Waals surface area contributed by atoms with Crippen molar-refractivity contribution in [2.24, 2.45) is 5.92 Å². The fourth-order valence-corrected chi connectivity index (χ4v) is 7.30. The van der Waals surface area contributed by atoms with E-state index in [1.807, 2.05) is 18.2 Å². The number of likely N-dealkylation sites (tertiary alicyclic amines) is 1. The van der Waals surface area contributed by atoms with E-state index in [0.717, 1.165) is 23.6 Å². The van der Waals surface area contributed by atoms with E-state index < -0.39 is 22.0 Å². The highest BCUT2D eigenvalue weighted by Gasteiger charge is 2.37. The van der Waals surface area contributed by atoms with Gasteiger partial charge in [-0.2, -0.15) is 4.31 Å². The SMILES string of the molecule is COc1ccc(S(=O)(=O)N(Cc2ccc3c(c2)OCO3)[C@H](CCC(=O)N2CCC(Cc3ccccc3)CC2)C(=O)NO)cc1. The van der Waals surface area contributed by atoms with Crippen LogP contribution in [-0.4, -0.2) is 67.7 Å². The zero-order valence-electron chi connectivity index (χ0n) is 24.6. The summed E-state index contributed by atoms with van der Waals surface area (Å²) in [6.07, 6.45) is 2.48. The van der Waals surface area contributed by atoms with Crippen LogP contribution in [-0.2, 0) is 32.6 Å². The smallest absolute Gasteiger partial charge is 0.261 e. The number of rotatable bonds is 12. The largest absolute Gasteiger partial charge is 0.497 e. The van der Waals surface area contributed by atoms with E-state index in [1.165, 1.54) is 36.9 Å². The van der Waals surface area contributed by atoms with Gasteiger partial charge in [-0.3, -0.25) is 14.8 Å². The van der Waals surface area contributed by atoms with Gasteiger partial charge in [-0.05, 0) is 79.1 Å². The van der Waals surface area contributed by atoms with Crippen molar-refractivity contribution in [1.29, 1.82) is 0 Å². The molecular weight excluding hydrogens is 586 g/mol. The van der Waals surface area contributed by atoms with Gasteiger partial charge in [0.25, 0.3) is 5.91 Å². The van der Waals surface area contributed by atoms with E-state index in [4.69, 9.17) is 14.2 Å². The first-order valence-electron chi connectivity index (χ1n) is 14.6. The molecule has 0 unspecified atom stereocenters. The Morgan fingerprint density at radius 1 is 1.00 bits per heavy atom. The van der Waals surface area contributed by atoms with Crippen LogP contribution in [0.3, 0.4) is 0 Å². The van der Waals surface area contributed by atoms with Crippen molar-refractivity contribution in [3.05, 3.63) is 83.9 Å². The lowest BCUT2D eigenvalue weighted by Crippen LogP contribution is -2.49. The number of hydrogen-bond acceptors (Lipinski definition) is 8. The minimum Gasteiger partial charge on any atom is -0.497 e. The maximum Gasteiger partial charge on any atom is 0.261 e. The maximum absolute atomic E-state index is 14.0. The molecule has 0 spiro atoms. The zero-order valence-corrected chi connectivity index (χ0v) is 25.4. The average Bonchev–Trinajstić information content (AvgIpc) is 3.53. The molecule has 2 amide bonds. The summed E-state index contributed by atoms with van der Waals surface area (Å²) in [6, 6.07) is 19.7. The average molecular weight is 624 g/mol. The van der Waals surface area contributed by atoms with Crippen LogP contribution in [0.5, 0.6) is 17.2 Å². The fraction of sp³-hybridized carbons (Fsp3) is 0.375. The number of nitrogens with one attached hydrogen (secondary N) is 1. The molecule has 2 heterocycles. The van der Waals surface area contributed by atoms with Crippen molar-refractivity contribution in [1.82, 2.24) is 14.7 Å². The third kappa shape index (κ3) is 7.32. The second-order valence-corrected chi connectivity index (χ2v) is 12.8. The molecule has 2 N–H and O–H groups in total. The first-order chi connectivity index (χ1) is 21.3. The van der Waals surface area contributed by atoms with Crippen LogP contribution in [0.25, 0.3) is 0 Å². The van der Waals surface area contributed by atoms with E-state index in [9.17, 15) is 23.2 Å². The lowest BCUT2D eigenvalue weighted by Gasteiger charge is -2.33. The molecule has 0 bridgehead atoms. The Hall–Kier alpha value is -4.13. The van der Waals surface area contributed by atoms with Gasteiger partial charge in [-0.25, -0.2) is 13.9 Å². The summed E-state index contributed by atoms with van der Waals surface area (Å²) in [5.41, 5.74) is 3.42. The number of hydroxylamine groups is 1. The molecule has 0 saturated carbocycles. The summed E-state index contributed by atoms with van der Waals surface area (Å²) < 4.78 is 45.1. The normalized spacial score (nSPS) is 15.7. The van der Waals surface area contributed by atoms with Crippen LogP contribution in [0.15, 0.2) is 77.7 Å². The highest BCUT2D eigenvalue weighted by atomic mass is 32.2. The van der Waals surface area contributed by atoms with Crippen molar-refractivity contribution >= 4 is 21.8 Å². The molecule has 5 rings (SSSR count). The quantitative estimate of drug-likeness (QED) is 0.230. The summed E-state index contributed by atoms with van der Waals surface area (Å²) >= 11 is 0. The van der Waals surface area contributed by atoms with Gasteiger partial charge in [0.2, 0.25) is 22.7 Å². The number of piperidine rings is 1. The minimum atomic E-state index is -4.29. The Balaban J connectivity index is 1.33. The van der Waals surface area contributed by atoms with Crippen LogP contribution in [0.2, 0.25) is 0 Å². The Labute approximate surface area is 257 Å². The van der Waals surface area contributed by atoms with Crippen LogP contribution < -0.4 is 19.7 Å².